The van der Waals surface area contributed by atoms with E-state index in [1.807, 2.05) is 23.1 Å². The van der Waals surface area contributed by atoms with Crippen molar-refractivity contribution in [2.24, 2.45) is 5.92 Å². The van der Waals surface area contributed by atoms with Crippen molar-refractivity contribution in [2.75, 3.05) is 13.1 Å². The van der Waals surface area contributed by atoms with E-state index in [0.29, 0.717) is 17.2 Å². The van der Waals surface area contributed by atoms with Crippen LogP contribution in [0.5, 0.6) is 0 Å². The van der Waals surface area contributed by atoms with Crippen LogP contribution in [0, 0.1) is 5.92 Å². The van der Waals surface area contributed by atoms with Gasteiger partial charge in [0.15, 0.2) is 0 Å². The second kappa shape index (κ2) is 6.18. The number of hydrogen-bond acceptors (Lipinski definition) is 1. The smallest absolute Gasteiger partial charge is 0.227 e. The van der Waals surface area contributed by atoms with Crippen LogP contribution in [0.25, 0.3) is 10.8 Å². The molecule has 1 saturated heterocycles. The number of benzene rings is 2. The minimum atomic E-state index is 0.248. The lowest BCUT2D eigenvalue weighted by molar-refractivity contribution is -0.132. The predicted octanol–water partition coefficient (Wildman–Crippen LogP) is 4.01. The second-order valence-corrected chi connectivity index (χ2v) is 7.11. The van der Waals surface area contributed by atoms with Gasteiger partial charge in [0.05, 0.1) is 6.42 Å². The van der Waals surface area contributed by atoms with Gasteiger partial charge in [-0.1, -0.05) is 65.3 Å². The van der Waals surface area contributed by atoms with Crippen LogP contribution >= 0.6 is 15.9 Å². The molecule has 0 N–H and O–H groups in total. The number of nitrogens with zero attached hydrogens (tertiary/aromatic N) is 1. The van der Waals surface area contributed by atoms with Crippen LogP contribution < -0.4 is 0 Å². The average molecular weight is 346 g/mol. The van der Waals surface area contributed by atoms with Crippen LogP contribution in [0.2, 0.25) is 0 Å². The molecule has 1 fully saturated rings. The van der Waals surface area contributed by atoms with Gasteiger partial charge in [-0.2, -0.15) is 0 Å². The van der Waals surface area contributed by atoms with Gasteiger partial charge in [-0.3, -0.25) is 4.79 Å². The quantitative estimate of drug-likeness (QED) is 0.753. The molecule has 110 valence electrons. The van der Waals surface area contributed by atoms with E-state index in [1.54, 1.807) is 0 Å². The lowest BCUT2D eigenvalue weighted by Gasteiger charge is -2.34. The Kier molecular flexibility index (Phi) is 4.29. The molecule has 0 aromatic heterocycles. The zero-order valence-corrected chi connectivity index (χ0v) is 13.8. The van der Waals surface area contributed by atoms with Crippen molar-refractivity contribution in [3.05, 3.63) is 48.0 Å². The minimum absolute atomic E-state index is 0.248. The van der Waals surface area contributed by atoms with Gasteiger partial charge in [-0.05, 0) is 28.7 Å². The van der Waals surface area contributed by atoms with E-state index in [1.165, 1.54) is 10.8 Å². The summed E-state index contributed by atoms with van der Waals surface area (Å²) in [6.07, 6.45) is 1.55. The lowest BCUT2D eigenvalue weighted by Crippen LogP contribution is -2.43. The number of piperidine rings is 1. The highest BCUT2D eigenvalue weighted by molar-refractivity contribution is 9.09. The van der Waals surface area contributed by atoms with Crippen molar-refractivity contribution < 1.29 is 4.79 Å². The van der Waals surface area contributed by atoms with Gasteiger partial charge in [0, 0.05) is 17.9 Å². The topological polar surface area (TPSA) is 20.3 Å². The fraction of sp³-hybridized carbons (Fsp3) is 0.389. The highest BCUT2D eigenvalue weighted by atomic mass is 79.9. The Morgan fingerprint density at radius 2 is 2.00 bits per heavy atom. The minimum Gasteiger partial charge on any atom is -0.342 e. The van der Waals surface area contributed by atoms with Crippen molar-refractivity contribution in [3.8, 4) is 0 Å². The third kappa shape index (κ3) is 3.13. The van der Waals surface area contributed by atoms with Crippen LogP contribution in [0.15, 0.2) is 42.5 Å². The summed E-state index contributed by atoms with van der Waals surface area (Å²) in [6, 6.07) is 14.5. The number of carbonyl (C=O) groups excluding carboxylic acids is 1. The van der Waals surface area contributed by atoms with E-state index >= 15 is 0 Å². The molecule has 2 nitrogen and oxygen atoms in total. The van der Waals surface area contributed by atoms with Crippen molar-refractivity contribution in [3.63, 3.8) is 0 Å². The van der Waals surface area contributed by atoms with Crippen molar-refractivity contribution >= 4 is 32.6 Å². The molecule has 2 unspecified atom stereocenters. The van der Waals surface area contributed by atoms with Gasteiger partial charge in [0.25, 0.3) is 0 Å². The molecule has 1 aliphatic heterocycles. The first-order chi connectivity index (χ1) is 10.1. The molecule has 2 atom stereocenters. The number of fused-ring (bicyclic) bond motifs is 1. The maximum atomic E-state index is 12.6. The molecule has 2 aromatic rings. The third-order valence-corrected chi connectivity index (χ3v) is 5.74. The zero-order valence-electron chi connectivity index (χ0n) is 12.3. The van der Waals surface area contributed by atoms with E-state index in [4.69, 9.17) is 0 Å². The number of carbonyl (C=O) groups is 1. The van der Waals surface area contributed by atoms with E-state index < -0.39 is 0 Å². The first kappa shape index (κ1) is 14.6. The first-order valence-corrected chi connectivity index (χ1v) is 8.45. The average Bonchev–Trinajstić information content (AvgIpc) is 2.50. The SMILES string of the molecule is CC1CN(C(=O)Cc2cccc3ccccc23)CCC1Br. The molecular formula is C18H20BrNO. The number of rotatable bonds is 2. The number of alkyl halides is 1. The van der Waals surface area contributed by atoms with Gasteiger partial charge < -0.3 is 4.90 Å². The summed E-state index contributed by atoms with van der Waals surface area (Å²) in [5.74, 6) is 0.771. The Bertz CT molecular complexity index is 649. The highest BCUT2D eigenvalue weighted by Crippen LogP contribution is 2.25. The maximum absolute atomic E-state index is 12.6. The second-order valence-electron chi connectivity index (χ2n) is 5.94. The summed E-state index contributed by atoms with van der Waals surface area (Å²) >= 11 is 3.69. The number of likely N-dealkylation sites (tertiary alicyclic amines) is 1. The van der Waals surface area contributed by atoms with Gasteiger partial charge >= 0.3 is 0 Å². The Morgan fingerprint density at radius 1 is 1.24 bits per heavy atom. The van der Waals surface area contributed by atoms with E-state index in [-0.39, 0.29) is 5.91 Å². The molecule has 1 amide bonds. The molecule has 21 heavy (non-hydrogen) atoms. The number of amides is 1. The molecular weight excluding hydrogens is 326 g/mol. The normalized spacial score (nSPS) is 22.5. The molecule has 2 aromatic carbocycles. The van der Waals surface area contributed by atoms with E-state index in [0.717, 1.165) is 25.1 Å². The maximum Gasteiger partial charge on any atom is 0.227 e. The Hall–Kier alpha value is -1.35. The van der Waals surface area contributed by atoms with Crippen LogP contribution in [0.3, 0.4) is 0 Å². The largest absolute Gasteiger partial charge is 0.342 e. The molecule has 0 saturated carbocycles. The summed E-state index contributed by atoms with van der Waals surface area (Å²) in [6.45, 7) is 3.93. The molecule has 1 aliphatic rings. The molecule has 3 heteroatoms. The molecule has 0 spiro atoms. The molecule has 0 aliphatic carbocycles. The van der Waals surface area contributed by atoms with Crippen molar-refractivity contribution in [1.82, 2.24) is 4.90 Å². The van der Waals surface area contributed by atoms with Crippen LogP contribution in [-0.4, -0.2) is 28.7 Å². The van der Waals surface area contributed by atoms with Gasteiger partial charge in [0.2, 0.25) is 5.91 Å². The van der Waals surface area contributed by atoms with E-state index in [2.05, 4.69) is 47.1 Å². The summed E-state index contributed by atoms with van der Waals surface area (Å²) < 4.78 is 0. The Labute approximate surface area is 134 Å². The monoisotopic (exact) mass is 345 g/mol. The number of hydrogen-bond donors (Lipinski definition) is 0. The number of halogens is 1. The summed E-state index contributed by atoms with van der Waals surface area (Å²) in [5, 5.41) is 2.40. The molecule has 3 rings (SSSR count). The third-order valence-electron chi connectivity index (χ3n) is 4.37. The summed E-state index contributed by atoms with van der Waals surface area (Å²) in [7, 11) is 0. The van der Waals surface area contributed by atoms with Crippen molar-refractivity contribution in [2.45, 2.75) is 24.6 Å². The van der Waals surface area contributed by atoms with E-state index in [9.17, 15) is 4.79 Å². The molecule has 0 bridgehead atoms. The fourth-order valence-electron chi connectivity index (χ4n) is 3.06. The zero-order chi connectivity index (χ0) is 14.8. The Balaban J connectivity index is 1.78. The van der Waals surface area contributed by atoms with Crippen LogP contribution in [-0.2, 0) is 11.2 Å². The fourth-order valence-corrected chi connectivity index (χ4v) is 3.44. The van der Waals surface area contributed by atoms with Crippen molar-refractivity contribution in [1.29, 1.82) is 0 Å². The van der Waals surface area contributed by atoms with Crippen LogP contribution in [0.4, 0.5) is 0 Å². The lowest BCUT2D eigenvalue weighted by atomic mass is 9.98. The molecule has 1 heterocycles. The van der Waals surface area contributed by atoms with Gasteiger partial charge in [0.1, 0.15) is 0 Å². The van der Waals surface area contributed by atoms with Gasteiger partial charge in [-0.25, -0.2) is 0 Å². The van der Waals surface area contributed by atoms with Gasteiger partial charge in [-0.15, -0.1) is 0 Å². The highest BCUT2D eigenvalue weighted by Gasteiger charge is 2.26. The molecule has 0 radical (unpaired) electrons. The summed E-state index contributed by atoms with van der Waals surface area (Å²) in [4.78, 5) is 15.1. The Morgan fingerprint density at radius 3 is 2.81 bits per heavy atom. The predicted molar refractivity (Wildman–Crippen MR) is 90.7 cm³/mol. The van der Waals surface area contributed by atoms with Crippen LogP contribution in [0.1, 0.15) is 18.9 Å². The summed E-state index contributed by atoms with van der Waals surface area (Å²) in [5.41, 5.74) is 1.13. The standard InChI is InChI=1S/C18H20BrNO/c1-13-12-20(10-9-17(13)19)18(21)11-15-7-4-6-14-5-2-3-8-16(14)15/h2-8,13,17H,9-12H2,1H3. The first-order valence-electron chi connectivity index (χ1n) is 7.53.